The second-order valence-electron chi connectivity index (χ2n) is 7.42. The van der Waals surface area contributed by atoms with Gasteiger partial charge < -0.3 is 19.1 Å². The van der Waals surface area contributed by atoms with Crippen LogP contribution in [-0.2, 0) is 10.5 Å². The molecule has 1 fully saturated rings. The average molecular weight is 482 g/mol. The van der Waals surface area contributed by atoms with E-state index in [9.17, 15) is 13.2 Å². The molecule has 0 aromatic heterocycles. The third kappa shape index (κ3) is 3.54. The van der Waals surface area contributed by atoms with E-state index in [1.807, 2.05) is 4.90 Å². The van der Waals surface area contributed by atoms with Crippen LogP contribution in [0.1, 0.15) is 11.1 Å². The highest BCUT2D eigenvalue weighted by Crippen LogP contribution is 2.52. The van der Waals surface area contributed by atoms with Crippen molar-refractivity contribution in [3.63, 3.8) is 0 Å². The molecule has 5 rings (SSSR count). The van der Waals surface area contributed by atoms with E-state index in [1.165, 1.54) is 36.4 Å². The van der Waals surface area contributed by atoms with Crippen LogP contribution >= 0.6 is 23.2 Å². The Morgan fingerprint density at radius 1 is 0.750 bits per heavy atom. The number of hydrogen-bond acceptors (Lipinski definition) is 4. The molecule has 0 saturated carbocycles. The summed E-state index contributed by atoms with van der Waals surface area (Å²) in [4.78, 5) is 1.85. The van der Waals surface area contributed by atoms with E-state index in [4.69, 9.17) is 37.4 Å². The summed E-state index contributed by atoms with van der Waals surface area (Å²) in [6.45, 7) is 2.01. The van der Waals surface area contributed by atoms with Gasteiger partial charge in [0.25, 0.3) is 0 Å². The first-order chi connectivity index (χ1) is 15.4. The Bertz CT molecular complexity index is 1150. The molecular weight excluding hydrogens is 466 g/mol. The van der Waals surface area contributed by atoms with Crippen LogP contribution in [0.3, 0.4) is 0 Å². The molecule has 0 bridgehead atoms. The molecule has 0 radical (unpaired) electrons. The van der Waals surface area contributed by atoms with Gasteiger partial charge in [-0.25, -0.2) is 13.2 Å². The molecule has 0 N–H and O–H groups in total. The van der Waals surface area contributed by atoms with Gasteiger partial charge in [-0.1, -0.05) is 23.2 Å². The second-order valence-corrected chi connectivity index (χ2v) is 8.23. The summed E-state index contributed by atoms with van der Waals surface area (Å²) in [6, 6.07) is 10.1. The van der Waals surface area contributed by atoms with E-state index in [0.29, 0.717) is 32.0 Å². The van der Waals surface area contributed by atoms with Gasteiger partial charge in [0.1, 0.15) is 17.5 Å². The number of halogens is 5. The lowest BCUT2D eigenvalue weighted by molar-refractivity contribution is -0.0458. The van der Waals surface area contributed by atoms with E-state index < -0.39 is 23.2 Å². The van der Waals surface area contributed by atoms with Crippen LogP contribution in [0.5, 0.6) is 11.5 Å². The Kier molecular flexibility index (Phi) is 5.35. The Hall–Kier alpha value is -2.61. The maximum absolute atomic E-state index is 15.0. The topological polar surface area (TPSA) is 30.9 Å². The van der Waals surface area contributed by atoms with Crippen molar-refractivity contribution in [2.45, 2.75) is 5.79 Å². The van der Waals surface area contributed by atoms with Gasteiger partial charge in [0, 0.05) is 25.2 Å². The predicted molar refractivity (Wildman–Crippen MR) is 114 cm³/mol. The highest BCUT2D eigenvalue weighted by molar-refractivity contribution is 6.32. The fraction of sp³-hybridized carbons (Fsp3) is 0.217. The molecular formula is C23H16Cl2F3NO3. The third-order valence-corrected chi connectivity index (χ3v) is 6.07. The molecule has 0 aliphatic carbocycles. The van der Waals surface area contributed by atoms with Crippen LogP contribution in [-0.4, -0.2) is 26.3 Å². The van der Waals surface area contributed by atoms with E-state index in [1.54, 1.807) is 0 Å². The highest BCUT2D eigenvalue weighted by Gasteiger charge is 2.49. The summed E-state index contributed by atoms with van der Waals surface area (Å²) >= 11 is 12.7. The second kappa shape index (κ2) is 8.06. The van der Waals surface area contributed by atoms with Gasteiger partial charge in [-0.3, -0.25) is 0 Å². The number of fused-ring (bicyclic) bond motifs is 1. The molecule has 2 aliphatic heterocycles. The molecule has 0 amide bonds. The van der Waals surface area contributed by atoms with E-state index in [0.717, 1.165) is 12.1 Å². The van der Waals surface area contributed by atoms with Crippen LogP contribution in [0.2, 0.25) is 10.0 Å². The Morgan fingerprint density at radius 2 is 1.28 bits per heavy atom. The summed E-state index contributed by atoms with van der Waals surface area (Å²) < 4.78 is 60.2. The van der Waals surface area contributed by atoms with Crippen molar-refractivity contribution in [2.24, 2.45) is 0 Å². The van der Waals surface area contributed by atoms with Crippen molar-refractivity contribution >= 4 is 28.9 Å². The molecule has 0 atom stereocenters. The van der Waals surface area contributed by atoms with Crippen molar-refractivity contribution in [2.75, 3.05) is 31.2 Å². The molecule has 1 saturated heterocycles. The van der Waals surface area contributed by atoms with E-state index in [-0.39, 0.29) is 32.7 Å². The largest absolute Gasteiger partial charge is 0.440 e. The first kappa shape index (κ1) is 21.2. The van der Waals surface area contributed by atoms with E-state index >= 15 is 0 Å². The Labute approximate surface area is 192 Å². The number of benzene rings is 3. The molecule has 32 heavy (non-hydrogen) atoms. The number of nitrogens with zero attached hydrogens (tertiary/aromatic N) is 1. The monoisotopic (exact) mass is 481 g/mol. The van der Waals surface area contributed by atoms with Crippen molar-refractivity contribution in [1.29, 1.82) is 0 Å². The summed E-state index contributed by atoms with van der Waals surface area (Å²) in [5, 5.41) is 0.0131. The number of ether oxygens (including phenoxy) is 3. The first-order valence-electron chi connectivity index (χ1n) is 9.83. The van der Waals surface area contributed by atoms with Gasteiger partial charge in [-0.15, -0.1) is 0 Å². The summed E-state index contributed by atoms with van der Waals surface area (Å²) in [5.74, 6) is -3.03. The quantitative estimate of drug-likeness (QED) is 0.464. The molecule has 0 spiro atoms. The molecule has 2 aliphatic rings. The normalized spacial score (nSPS) is 17.0. The van der Waals surface area contributed by atoms with Crippen molar-refractivity contribution in [1.82, 2.24) is 0 Å². The minimum absolute atomic E-state index is 0.00655. The SMILES string of the molecule is Fc1ccc(C2(c3ccc(F)cc3Cl)Oc3cc(F)c(N4CCOCC4)cc3O2)c(Cl)c1. The number of rotatable bonds is 3. The minimum Gasteiger partial charge on any atom is -0.440 e. The molecule has 3 aromatic rings. The molecule has 9 heteroatoms. The van der Waals surface area contributed by atoms with Gasteiger partial charge in [0.15, 0.2) is 11.5 Å². The lowest BCUT2D eigenvalue weighted by atomic mass is 9.96. The molecule has 0 unspecified atom stereocenters. The van der Waals surface area contributed by atoms with Crippen molar-refractivity contribution in [3.8, 4) is 11.5 Å². The predicted octanol–water partition coefficient (Wildman–Crippen LogP) is 5.92. The van der Waals surface area contributed by atoms with Gasteiger partial charge in [0.2, 0.25) is 0 Å². The first-order valence-corrected chi connectivity index (χ1v) is 10.6. The van der Waals surface area contributed by atoms with Crippen LogP contribution in [0.25, 0.3) is 0 Å². The number of hydrogen-bond donors (Lipinski definition) is 0. The fourth-order valence-corrected chi connectivity index (χ4v) is 4.52. The summed E-state index contributed by atoms with van der Waals surface area (Å²) in [7, 11) is 0. The molecule has 166 valence electrons. The lowest BCUT2D eigenvalue weighted by Crippen LogP contribution is -2.37. The molecule has 4 nitrogen and oxygen atoms in total. The average Bonchev–Trinajstić information content (AvgIpc) is 3.12. The van der Waals surface area contributed by atoms with Crippen LogP contribution in [0.4, 0.5) is 18.9 Å². The maximum Gasteiger partial charge on any atom is 0.308 e. The van der Waals surface area contributed by atoms with Crippen LogP contribution in [0, 0.1) is 17.5 Å². The lowest BCUT2D eigenvalue weighted by Gasteiger charge is -2.30. The third-order valence-electron chi connectivity index (χ3n) is 5.44. The maximum atomic E-state index is 15.0. The van der Waals surface area contributed by atoms with Crippen LogP contribution < -0.4 is 14.4 Å². The van der Waals surface area contributed by atoms with Crippen LogP contribution in [0.15, 0.2) is 48.5 Å². The van der Waals surface area contributed by atoms with Crippen molar-refractivity contribution < 1.29 is 27.4 Å². The summed E-state index contributed by atoms with van der Waals surface area (Å²) in [6.07, 6.45) is 0. The Balaban J connectivity index is 1.65. The van der Waals surface area contributed by atoms with Gasteiger partial charge >= 0.3 is 5.79 Å². The minimum atomic E-state index is -1.77. The zero-order valence-electron chi connectivity index (χ0n) is 16.5. The Morgan fingerprint density at radius 3 is 1.81 bits per heavy atom. The van der Waals surface area contributed by atoms with Gasteiger partial charge in [-0.05, 0) is 36.4 Å². The van der Waals surface area contributed by atoms with Gasteiger partial charge in [-0.2, -0.15) is 0 Å². The zero-order chi connectivity index (χ0) is 22.5. The molecule has 3 aromatic carbocycles. The van der Waals surface area contributed by atoms with E-state index in [2.05, 4.69) is 0 Å². The zero-order valence-corrected chi connectivity index (χ0v) is 18.0. The van der Waals surface area contributed by atoms with Gasteiger partial charge in [0.05, 0.1) is 40.1 Å². The molecule has 2 heterocycles. The van der Waals surface area contributed by atoms with Crippen molar-refractivity contribution in [3.05, 3.63) is 87.2 Å². The number of anilines is 1. The smallest absolute Gasteiger partial charge is 0.308 e. The highest BCUT2D eigenvalue weighted by atomic mass is 35.5. The summed E-state index contributed by atoms with van der Waals surface area (Å²) in [5.41, 5.74) is 0.805. The fourth-order valence-electron chi connectivity index (χ4n) is 3.94. The number of morpholine rings is 1. The standard InChI is InChI=1S/C23H16Cl2F3NO3/c24-17-9-13(26)1-3-15(17)23(16-4-2-14(27)10-18(16)25)31-21-11-19(28)20(12-22(21)32-23)29-5-7-30-8-6-29/h1-4,9-12H,5-8H2.